The fourth-order valence-corrected chi connectivity index (χ4v) is 4.23. The van der Waals surface area contributed by atoms with E-state index in [-0.39, 0.29) is 10.8 Å². The highest BCUT2D eigenvalue weighted by atomic mass is 32.2. The lowest BCUT2D eigenvalue weighted by atomic mass is 10.3. The summed E-state index contributed by atoms with van der Waals surface area (Å²) in [7, 11) is -1.88. The van der Waals surface area contributed by atoms with Gasteiger partial charge in [0.05, 0.1) is 17.0 Å². The van der Waals surface area contributed by atoms with E-state index in [0.29, 0.717) is 37.1 Å². The van der Waals surface area contributed by atoms with Gasteiger partial charge in [-0.15, -0.1) is 5.10 Å². The van der Waals surface area contributed by atoms with Crippen LogP contribution in [-0.2, 0) is 21.4 Å². The topological polar surface area (TPSA) is 97.2 Å². The van der Waals surface area contributed by atoms with Crippen molar-refractivity contribution in [1.82, 2.24) is 24.6 Å². The van der Waals surface area contributed by atoms with Crippen molar-refractivity contribution in [3.05, 3.63) is 18.2 Å². The highest BCUT2D eigenvalue weighted by molar-refractivity contribution is 7.89. The lowest BCUT2D eigenvalue weighted by molar-refractivity contribution is -0.120. The molecular weight excluding hydrogens is 318 g/mol. The average molecular weight is 337 g/mol. The third-order valence-corrected chi connectivity index (χ3v) is 5.91. The molecule has 1 N–H and O–H groups in total. The van der Waals surface area contributed by atoms with E-state index in [1.54, 1.807) is 29.9 Å². The van der Waals surface area contributed by atoms with Crippen molar-refractivity contribution in [2.75, 3.05) is 20.1 Å². The molecule has 1 amide bonds. The summed E-state index contributed by atoms with van der Waals surface area (Å²) in [5, 5.41) is 10.6. The Balaban J connectivity index is 1.87. The second-order valence-electron chi connectivity index (χ2n) is 5.50. The summed E-state index contributed by atoms with van der Waals surface area (Å²) in [6.45, 7) is 1.53. The molecule has 1 aromatic carbocycles. The van der Waals surface area contributed by atoms with Gasteiger partial charge in [0.1, 0.15) is 5.52 Å². The number of carbonyl (C=O) groups excluding carboxylic acids is 1. The maximum absolute atomic E-state index is 12.6. The van der Waals surface area contributed by atoms with Crippen molar-refractivity contribution >= 4 is 27.0 Å². The second-order valence-corrected chi connectivity index (χ2v) is 7.44. The lowest BCUT2D eigenvalue weighted by Crippen LogP contribution is -2.27. The number of hydrogen-bond donors (Lipinski definition) is 1. The number of carbonyl (C=O) groups is 1. The Hall–Kier alpha value is -2.00. The van der Waals surface area contributed by atoms with E-state index in [1.807, 2.05) is 0 Å². The average Bonchev–Trinajstić information content (AvgIpc) is 3.22. The van der Waals surface area contributed by atoms with E-state index in [2.05, 4.69) is 15.6 Å². The molecule has 0 spiro atoms. The van der Waals surface area contributed by atoms with Crippen LogP contribution in [0.15, 0.2) is 23.1 Å². The van der Waals surface area contributed by atoms with Gasteiger partial charge in [-0.1, -0.05) is 5.21 Å². The Morgan fingerprint density at radius 1 is 1.30 bits per heavy atom. The molecule has 1 saturated heterocycles. The number of sulfonamides is 1. The highest BCUT2D eigenvalue weighted by Crippen LogP contribution is 2.23. The molecule has 2 aromatic rings. The largest absolute Gasteiger partial charge is 0.359 e. The summed E-state index contributed by atoms with van der Waals surface area (Å²) in [6.07, 6.45) is 2.09. The van der Waals surface area contributed by atoms with Gasteiger partial charge in [-0.2, -0.15) is 4.31 Å². The summed E-state index contributed by atoms with van der Waals surface area (Å²) >= 11 is 0. The molecule has 8 nitrogen and oxygen atoms in total. The molecule has 2 heterocycles. The number of rotatable bonds is 5. The standard InChI is InChI=1S/C14H19N5O3S/c1-15-14(20)6-9-19-13-5-4-11(10-12(13)16-17-19)23(21,22)18-7-2-3-8-18/h4-5,10H,2-3,6-9H2,1H3,(H,15,20). The van der Waals surface area contributed by atoms with Crippen LogP contribution in [0.5, 0.6) is 0 Å². The number of hydrogen-bond acceptors (Lipinski definition) is 5. The van der Waals surface area contributed by atoms with Gasteiger partial charge in [-0.3, -0.25) is 4.79 Å². The first-order valence-electron chi connectivity index (χ1n) is 7.56. The molecule has 0 bridgehead atoms. The van der Waals surface area contributed by atoms with Gasteiger partial charge in [0.2, 0.25) is 15.9 Å². The zero-order valence-corrected chi connectivity index (χ0v) is 13.7. The van der Waals surface area contributed by atoms with Gasteiger partial charge in [0, 0.05) is 26.6 Å². The van der Waals surface area contributed by atoms with Crippen LogP contribution in [0.4, 0.5) is 0 Å². The Bertz CT molecular complexity index is 824. The summed E-state index contributed by atoms with van der Waals surface area (Å²) < 4.78 is 28.2. The molecule has 124 valence electrons. The molecule has 0 saturated carbocycles. The van der Waals surface area contributed by atoms with Crippen LogP contribution >= 0.6 is 0 Å². The van der Waals surface area contributed by atoms with Gasteiger partial charge in [-0.05, 0) is 31.0 Å². The molecule has 1 aromatic heterocycles. The predicted molar refractivity (Wildman–Crippen MR) is 84.2 cm³/mol. The van der Waals surface area contributed by atoms with Gasteiger partial charge >= 0.3 is 0 Å². The fourth-order valence-electron chi connectivity index (χ4n) is 2.69. The van der Waals surface area contributed by atoms with E-state index in [1.165, 1.54) is 4.31 Å². The van der Waals surface area contributed by atoms with Crippen LogP contribution in [-0.4, -0.2) is 53.8 Å². The van der Waals surface area contributed by atoms with Crippen LogP contribution in [0.1, 0.15) is 19.3 Å². The van der Waals surface area contributed by atoms with E-state index in [9.17, 15) is 13.2 Å². The van der Waals surface area contributed by atoms with E-state index < -0.39 is 10.0 Å². The quantitative estimate of drug-likeness (QED) is 0.849. The monoisotopic (exact) mass is 337 g/mol. The molecule has 0 atom stereocenters. The van der Waals surface area contributed by atoms with Crippen molar-refractivity contribution < 1.29 is 13.2 Å². The SMILES string of the molecule is CNC(=O)CCn1nnc2cc(S(=O)(=O)N3CCCC3)ccc21. The summed E-state index contributed by atoms with van der Waals surface area (Å²) in [4.78, 5) is 11.6. The van der Waals surface area contributed by atoms with Crippen LogP contribution in [0, 0.1) is 0 Å². The summed E-state index contributed by atoms with van der Waals surface area (Å²) in [6, 6.07) is 4.82. The minimum atomic E-state index is -3.46. The number of benzene rings is 1. The molecule has 1 fully saturated rings. The molecule has 0 unspecified atom stereocenters. The van der Waals surface area contributed by atoms with Crippen LogP contribution < -0.4 is 5.32 Å². The third kappa shape index (κ3) is 3.06. The second kappa shape index (κ2) is 6.25. The van der Waals surface area contributed by atoms with Crippen molar-refractivity contribution in [2.24, 2.45) is 0 Å². The lowest BCUT2D eigenvalue weighted by Gasteiger charge is -2.15. The number of aromatic nitrogens is 3. The van der Waals surface area contributed by atoms with Crippen molar-refractivity contribution in [1.29, 1.82) is 0 Å². The van der Waals surface area contributed by atoms with Gasteiger partial charge < -0.3 is 5.32 Å². The minimum Gasteiger partial charge on any atom is -0.359 e. The Labute approximate surface area is 134 Å². The molecule has 9 heteroatoms. The molecule has 0 aliphatic carbocycles. The number of nitrogens with one attached hydrogen (secondary N) is 1. The van der Waals surface area contributed by atoms with Gasteiger partial charge in [-0.25, -0.2) is 13.1 Å². The first-order chi connectivity index (χ1) is 11.0. The third-order valence-electron chi connectivity index (χ3n) is 4.02. The maximum atomic E-state index is 12.6. The zero-order chi connectivity index (χ0) is 16.4. The molecule has 1 aliphatic rings. The maximum Gasteiger partial charge on any atom is 0.243 e. The summed E-state index contributed by atoms with van der Waals surface area (Å²) in [5.41, 5.74) is 1.23. The molecular formula is C14H19N5O3S. The van der Waals surface area contributed by atoms with Crippen LogP contribution in [0.25, 0.3) is 11.0 Å². The van der Waals surface area contributed by atoms with E-state index in [4.69, 9.17) is 0 Å². The Kier molecular flexibility index (Phi) is 4.31. The summed E-state index contributed by atoms with van der Waals surface area (Å²) in [5.74, 6) is -0.0816. The molecule has 1 aliphatic heterocycles. The first-order valence-corrected chi connectivity index (χ1v) is 9.00. The molecule has 0 radical (unpaired) electrons. The zero-order valence-electron chi connectivity index (χ0n) is 12.9. The Morgan fingerprint density at radius 2 is 2.04 bits per heavy atom. The number of amides is 1. The minimum absolute atomic E-state index is 0.0816. The molecule has 3 rings (SSSR count). The fraction of sp³-hybridized carbons (Fsp3) is 0.500. The predicted octanol–water partition coefficient (Wildman–Crippen LogP) is 0.352. The number of aryl methyl sites for hydroxylation is 1. The van der Waals surface area contributed by atoms with E-state index >= 15 is 0 Å². The van der Waals surface area contributed by atoms with Gasteiger partial charge in [0.15, 0.2) is 0 Å². The highest BCUT2D eigenvalue weighted by Gasteiger charge is 2.27. The number of fused-ring (bicyclic) bond motifs is 1. The molecule has 23 heavy (non-hydrogen) atoms. The van der Waals surface area contributed by atoms with Crippen LogP contribution in [0.2, 0.25) is 0 Å². The van der Waals surface area contributed by atoms with Crippen molar-refractivity contribution in [3.63, 3.8) is 0 Å². The van der Waals surface area contributed by atoms with Crippen molar-refractivity contribution in [3.8, 4) is 0 Å². The smallest absolute Gasteiger partial charge is 0.243 e. The normalized spacial score (nSPS) is 16.0. The first kappa shape index (κ1) is 15.9. The van der Waals surface area contributed by atoms with Crippen molar-refractivity contribution in [2.45, 2.75) is 30.7 Å². The van der Waals surface area contributed by atoms with E-state index in [0.717, 1.165) is 12.8 Å². The van der Waals surface area contributed by atoms with Crippen LogP contribution in [0.3, 0.4) is 0 Å². The Morgan fingerprint density at radius 3 is 2.74 bits per heavy atom. The number of nitrogens with zero attached hydrogens (tertiary/aromatic N) is 4. The van der Waals surface area contributed by atoms with Gasteiger partial charge in [0.25, 0.3) is 0 Å².